The number of halogens is 1. The van der Waals surface area contributed by atoms with Crippen LogP contribution in [-0.4, -0.2) is 48.3 Å². The molecule has 0 N–H and O–H groups in total. The molecule has 0 atom stereocenters. The minimum Gasteiger partial charge on any atom is -0.297 e. The van der Waals surface area contributed by atoms with Crippen LogP contribution in [0.1, 0.15) is 15.2 Å². The number of carbonyl (C=O) groups excluding carboxylic acids is 1. The fourth-order valence-electron chi connectivity index (χ4n) is 2.67. The van der Waals surface area contributed by atoms with Crippen molar-refractivity contribution in [3.05, 3.63) is 56.7 Å². The number of benzene rings is 1. The van der Waals surface area contributed by atoms with Crippen molar-refractivity contribution in [2.24, 2.45) is 0 Å². The van der Waals surface area contributed by atoms with E-state index in [0.717, 1.165) is 42.1 Å². The zero-order valence-electron chi connectivity index (χ0n) is 12.4. The van der Waals surface area contributed by atoms with Crippen LogP contribution in [-0.2, 0) is 6.54 Å². The van der Waals surface area contributed by atoms with Crippen molar-refractivity contribution in [3.8, 4) is 0 Å². The normalized spacial score (nSPS) is 16.8. The average molecular weight is 379 g/mol. The highest BCUT2D eigenvalue weighted by molar-refractivity contribution is 9.10. The maximum absolute atomic E-state index is 12.1. The fraction of sp³-hybridized carbons (Fsp3) is 0.353. The van der Waals surface area contributed by atoms with Crippen LogP contribution in [0, 0.1) is 0 Å². The van der Waals surface area contributed by atoms with E-state index < -0.39 is 0 Å². The zero-order valence-corrected chi connectivity index (χ0v) is 14.8. The van der Waals surface area contributed by atoms with E-state index in [2.05, 4.69) is 50.0 Å². The number of nitrogens with zero attached hydrogens (tertiary/aromatic N) is 2. The standard InChI is InChI=1S/C17H19BrN2OS/c18-15-5-3-14(4-6-15)12-19-7-9-20(10-8-19)13-16(21)17-2-1-11-22-17/h1-6,11H,7-10,12-13H2. The molecule has 1 aromatic heterocycles. The summed E-state index contributed by atoms with van der Waals surface area (Å²) in [4.78, 5) is 17.7. The first kappa shape index (κ1) is 15.9. The molecular weight excluding hydrogens is 360 g/mol. The molecule has 0 spiro atoms. The molecule has 2 heterocycles. The van der Waals surface area contributed by atoms with E-state index >= 15 is 0 Å². The molecule has 1 saturated heterocycles. The number of Topliss-reactive ketones (excluding diaryl/α,β-unsaturated/α-hetero) is 1. The number of rotatable bonds is 5. The van der Waals surface area contributed by atoms with Gasteiger partial charge in [-0.25, -0.2) is 0 Å². The Labute approximate surface area is 143 Å². The molecular formula is C17H19BrN2OS. The van der Waals surface area contributed by atoms with Gasteiger partial charge >= 0.3 is 0 Å². The third-order valence-electron chi connectivity index (χ3n) is 3.95. The second-order valence-corrected chi connectivity index (χ2v) is 7.44. The molecule has 22 heavy (non-hydrogen) atoms. The Morgan fingerprint density at radius 1 is 1.05 bits per heavy atom. The minimum absolute atomic E-state index is 0.247. The van der Waals surface area contributed by atoms with Gasteiger partial charge in [0, 0.05) is 37.2 Å². The summed E-state index contributed by atoms with van der Waals surface area (Å²) in [6.45, 7) is 5.51. The SMILES string of the molecule is O=C(CN1CCN(Cc2ccc(Br)cc2)CC1)c1cccs1. The van der Waals surface area contributed by atoms with Gasteiger partial charge in [-0.3, -0.25) is 14.6 Å². The first-order valence-corrected chi connectivity index (χ1v) is 9.14. The Kier molecular flexibility index (Phi) is 5.41. The van der Waals surface area contributed by atoms with Gasteiger partial charge in [-0.2, -0.15) is 0 Å². The molecule has 0 aliphatic carbocycles. The average Bonchev–Trinajstić information content (AvgIpc) is 3.06. The molecule has 5 heteroatoms. The highest BCUT2D eigenvalue weighted by Crippen LogP contribution is 2.14. The first-order valence-electron chi connectivity index (χ1n) is 7.46. The van der Waals surface area contributed by atoms with Crippen LogP contribution in [0.15, 0.2) is 46.3 Å². The van der Waals surface area contributed by atoms with E-state index in [-0.39, 0.29) is 5.78 Å². The van der Waals surface area contributed by atoms with E-state index in [0.29, 0.717) is 6.54 Å². The van der Waals surface area contributed by atoms with Crippen LogP contribution < -0.4 is 0 Å². The van der Waals surface area contributed by atoms with Crippen LogP contribution in [0.2, 0.25) is 0 Å². The lowest BCUT2D eigenvalue weighted by atomic mass is 10.2. The van der Waals surface area contributed by atoms with E-state index in [9.17, 15) is 4.79 Å². The molecule has 1 aliphatic rings. The zero-order chi connectivity index (χ0) is 15.4. The second kappa shape index (κ2) is 7.51. The summed E-state index contributed by atoms with van der Waals surface area (Å²) < 4.78 is 1.12. The predicted molar refractivity (Wildman–Crippen MR) is 94.5 cm³/mol. The highest BCUT2D eigenvalue weighted by Gasteiger charge is 2.19. The Morgan fingerprint density at radius 2 is 1.73 bits per heavy atom. The maximum atomic E-state index is 12.1. The van der Waals surface area contributed by atoms with Crippen molar-refractivity contribution < 1.29 is 4.79 Å². The summed E-state index contributed by atoms with van der Waals surface area (Å²) in [6.07, 6.45) is 0. The molecule has 1 aromatic carbocycles. The minimum atomic E-state index is 0.247. The summed E-state index contributed by atoms with van der Waals surface area (Å²) in [5.74, 6) is 0.247. The summed E-state index contributed by atoms with van der Waals surface area (Å²) in [6, 6.07) is 12.4. The van der Waals surface area contributed by atoms with Crippen LogP contribution in [0.4, 0.5) is 0 Å². The van der Waals surface area contributed by atoms with Crippen LogP contribution in [0.25, 0.3) is 0 Å². The highest BCUT2D eigenvalue weighted by atomic mass is 79.9. The largest absolute Gasteiger partial charge is 0.297 e. The van der Waals surface area contributed by atoms with E-state index in [1.54, 1.807) is 0 Å². The number of thiophene rings is 1. The van der Waals surface area contributed by atoms with E-state index in [1.165, 1.54) is 16.9 Å². The van der Waals surface area contributed by atoms with E-state index in [4.69, 9.17) is 0 Å². The first-order chi connectivity index (χ1) is 10.7. The number of hydrogen-bond donors (Lipinski definition) is 0. The van der Waals surface area contributed by atoms with Crippen LogP contribution >= 0.6 is 27.3 Å². The van der Waals surface area contributed by atoms with Crippen molar-refractivity contribution in [2.75, 3.05) is 32.7 Å². The molecule has 0 saturated carbocycles. The van der Waals surface area contributed by atoms with Crippen molar-refractivity contribution in [2.45, 2.75) is 6.54 Å². The molecule has 3 nitrogen and oxygen atoms in total. The van der Waals surface area contributed by atoms with Crippen LogP contribution in [0.3, 0.4) is 0 Å². The molecule has 1 fully saturated rings. The van der Waals surface area contributed by atoms with Crippen LogP contribution in [0.5, 0.6) is 0 Å². The monoisotopic (exact) mass is 378 g/mol. The summed E-state index contributed by atoms with van der Waals surface area (Å²) in [7, 11) is 0. The summed E-state index contributed by atoms with van der Waals surface area (Å²) in [5.41, 5.74) is 1.34. The summed E-state index contributed by atoms with van der Waals surface area (Å²) >= 11 is 5.00. The van der Waals surface area contributed by atoms with Gasteiger partial charge in [0.2, 0.25) is 0 Å². The number of carbonyl (C=O) groups is 1. The van der Waals surface area contributed by atoms with Crippen molar-refractivity contribution >= 4 is 33.0 Å². The Morgan fingerprint density at radius 3 is 2.36 bits per heavy atom. The van der Waals surface area contributed by atoms with Crippen molar-refractivity contribution in [3.63, 3.8) is 0 Å². The number of ketones is 1. The Balaban J connectivity index is 1.46. The summed E-state index contributed by atoms with van der Waals surface area (Å²) in [5, 5.41) is 1.96. The van der Waals surface area contributed by atoms with Gasteiger partial charge in [0.25, 0.3) is 0 Å². The fourth-order valence-corrected chi connectivity index (χ4v) is 3.59. The van der Waals surface area contributed by atoms with Gasteiger partial charge in [0.15, 0.2) is 5.78 Å². The Hall–Kier alpha value is -1.01. The number of piperazine rings is 1. The molecule has 0 unspecified atom stereocenters. The molecule has 0 bridgehead atoms. The lowest BCUT2D eigenvalue weighted by Crippen LogP contribution is -2.47. The molecule has 116 valence electrons. The third-order valence-corrected chi connectivity index (χ3v) is 5.39. The lowest BCUT2D eigenvalue weighted by Gasteiger charge is -2.34. The molecule has 3 rings (SSSR count). The van der Waals surface area contributed by atoms with Crippen molar-refractivity contribution in [1.29, 1.82) is 0 Å². The van der Waals surface area contributed by atoms with E-state index in [1.807, 2.05) is 17.5 Å². The van der Waals surface area contributed by atoms with Crippen molar-refractivity contribution in [1.82, 2.24) is 9.80 Å². The third kappa shape index (κ3) is 4.26. The van der Waals surface area contributed by atoms with Gasteiger partial charge in [0.05, 0.1) is 11.4 Å². The van der Waals surface area contributed by atoms with Gasteiger partial charge in [-0.1, -0.05) is 34.1 Å². The molecule has 0 amide bonds. The van der Waals surface area contributed by atoms with Gasteiger partial charge in [-0.05, 0) is 29.1 Å². The quantitative estimate of drug-likeness (QED) is 0.743. The topological polar surface area (TPSA) is 23.6 Å². The van der Waals surface area contributed by atoms with Gasteiger partial charge in [0.1, 0.15) is 0 Å². The molecule has 0 radical (unpaired) electrons. The smallest absolute Gasteiger partial charge is 0.186 e. The second-order valence-electron chi connectivity index (χ2n) is 5.58. The Bertz CT molecular complexity index is 604. The number of hydrogen-bond acceptors (Lipinski definition) is 4. The predicted octanol–water partition coefficient (Wildman–Crippen LogP) is 3.51. The van der Waals surface area contributed by atoms with Gasteiger partial charge < -0.3 is 0 Å². The maximum Gasteiger partial charge on any atom is 0.186 e. The molecule has 2 aromatic rings. The van der Waals surface area contributed by atoms with Gasteiger partial charge in [-0.15, -0.1) is 11.3 Å². The lowest BCUT2D eigenvalue weighted by molar-refractivity contribution is 0.0847. The molecule has 1 aliphatic heterocycles.